The molecule has 3 rings (SSSR count). The minimum absolute atomic E-state index is 0.0383. The molecule has 0 saturated heterocycles. The summed E-state index contributed by atoms with van der Waals surface area (Å²) in [4.78, 5) is 19.3. The number of fused-ring (bicyclic) bond motifs is 1. The van der Waals surface area contributed by atoms with Crippen LogP contribution in [0.2, 0.25) is 5.02 Å². The Morgan fingerprint density at radius 2 is 1.96 bits per heavy atom. The highest BCUT2D eigenvalue weighted by Gasteiger charge is 2.21. The highest BCUT2D eigenvalue weighted by molar-refractivity contribution is 6.30. The summed E-state index contributed by atoms with van der Waals surface area (Å²) in [6.45, 7) is 5.03. The van der Waals surface area contributed by atoms with Crippen molar-refractivity contribution in [3.05, 3.63) is 70.6 Å². The minimum atomic E-state index is -0.0383. The molecule has 0 atom stereocenters. The van der Waals surface area contributed by atoms with Gasteiger partial charge in [-0.15, -0.1) is 0 Å². The van der Waals surface area contributed by atoms with Gasteiger partial charge in [-0.1, -0.05) is 41.9 Å². The number of benzene rings is 1. The van der Waals surface area contributed by atoms with Gasteiger partial charge in [0, 0.05) is 19.3 Å². The van der Waals surface area contributed by atoms with Crippen LogP contribution < -0.4 is 0 Å². The van der Waals surface area contributed by atoms with Gasteiger partial charge in [-0.2, -0.15) is 0 Å². The Morgan fingerprint density at radius 1 is 1.22 bits per heavy atom. The number of hydrogen-bond acceptors (Lipinski definition) is 2. The highest BCUT2D eigenvalue weighted by atomic mass is 35.5. The second kappa shape index (κ2) is 6.42. The van der Waals surface area contributed by atoms with E-state index in [1.165, 1.54) is 0 Å². The summed E-state index contributed by atoms with van der Waals surface area (Å²) in [7, 11) is 0. The molecule has 3 aromatic rings. The molecule has 0 radical (unpaired) electrons. The van der Waals surface area contributed by atoms with Gasteiger partial charge in [0.1, 0.15) is 11.3 Å². The van der Waals surface area contributed by atoms with E-state index in [9.17, 15) is 4.79 Å². The first-order valence-corrected chi connectivity index (χ1v) is 7.95. The van der Waals surface area contributed by atoms with E-state index < -0.39 is 0 Å². The van der Waals surface area contributed by atoms with E-state index in [0.717, 1.165) is 11.2 Å². The van der Waals surface area contributed by atoms with E-state index >= 15 is 0 Å². The molecule has 0 aliphatic rings. The van der Waals surface area contributed by atoms with Crippen molar-refractivity contribution in [3.8, 4) is 0 Å². The average molecular weight is 328 g/mol. The van der Waals surface area contributed by atoms with Crippen molar-refractivity contribution in [2.75, 3.05) is 6.54 Å². The largest absolute Gasteiger partial charge is 0.333 e. The van der Waals surface area contributed by atoms with Crippen molar-refractivity contribution in [2.24, 2.45) is 0 Å². The number of aromatic nitrogens is 2. The second-order valence-electron chi connectivity index (χ2n) is 5.43. The first kappa shape index (κ1) is 15.6. The third-order valence-electron chi connectivity index (χ3n) is 3.84. The first-order valence-electron chi connectivity index (χ1n) is 7.57. The van der Waals surface area contributed by atoms with Crippen LogP contribution in [0.3, 0.4) is 0 Å². The van der Waals surface area contributed by atoms with Crippen LogP contribution in [0.25, 0.3) is 5.65 Å². The molecular weight excluding hydrogens is 310 g/mol. The fraction of sp³-hybridized carbons (Fsp3) is 0.222. The Bertz CT molecular complexity index is 842. The van der Waals surface area contributed by atoms with Crippen LogP contribution >= 0.6 is 11.6 Å². The summed E-state index contributed by atoms with van der Waals surface area (Å²) < 4.78 is 1.77. The molecule has 2 aromatic heterocycles. The van der Waals surface area contributed by atoms with E-state index in [4.69, 9.17) is 11.6 Å². The van der Waals surface area contributed by atoms with E-state index in [-0.39, 0.29) is 5.91 Å². The number of nitrogens with zero attached hydrogens (tertiary/aromatic N) is 3. The Morgan fingerprint density at radius 3 is 2.65 bits per heavy atom. The zero-order valence-electron chi connectivity index (χ0n) is 13.2. The highest BCUT2D eigenvalue weighted by Crippen LogP contribution is 2.19. The normalized spacial score (nSPS) is 10.9. The Kier molecular flexibility index (Phi) is 4.35. The lowest BCUT2D eigenvalue weighted by Gasteiger charge is -2.21. The predicted molar refractivity (Wildman–Crippen MR) is 91.8 cm³/mol. The Hall–Kier alpha value is -2.33. The summed E-state index contributed by atoms with van der Waals surface area (Å²) in [5, 5.41) is 0.579. The molecule has 0 aliphatic heterocycles. The van der Waals surface area contributed by atoms with Gasteiger partial charge in [-0.05, 0) is 31.5 Å². The molecule has 4 nitrogen and oxygen atoms in total. The maximum absolute atomic E-state index is 13.0. The number of amides is 1. The molecule has 5 heteroatoms. The molecule has 1 aromatic carbocycles. The maximum Gasteiger partial charge on any atom is 0.273 e. The summed E-state index contributed by atoms with van der Waals surface area (Å²) >= 11 is 6.07. The molecular formula is C18H18ClN3O. The third-order valence-corrected chi connectivity index (χ3v) is 4.07. The zero-order valence-corrected chi connectivity index (χ0v) is 13.9. The average Bonchev–Trinajstić information content (AvgIpc) is 2.88. The molecule has 1 amide bonds. The van der Waals surface area contributed by atoms with Crippen LogP contribution in [0.5, 0.6) is 0 Å². The molecule has 23 heavy (non-hydrogen) atoms. The van der Waals surface area contributed by atoms with Crippen LogP contribution in [0.4, 0.5) is 0 Å². The fourth-order valence-corrected chi connectivity index (χ4v) is 2.84. The first-order chi connectivity index (χ1) is 11.1. The lowest BCUT2D eigenvalue weighted by atomic mass is 10.2. The summed E-state index contributed by atoms with van der Waals surface area (Å²) in [6.07, 6.45) is 1.74. The van der Waals surface area contributed by atoms with Crippen molar-refractivity contribution in [2.45, 2.75) is 20.4 Å². The zero-order chi connectivity index (χ0) is 16.4. The van der Waals surface area contributed by atoms with E-state index in [2.05, 4.69) is 4.98 Å². The number of imidazole rings is 1. The number of pyridine rings is 1. The van der Waals surface area contributed by atoms with Crippen molar-refractivity contribution < 1.29 is 4.79 Å². The molecule has 0 fully saturated rings. The van der Waals surface area contributed by atoms with Crippen molar-refractivity contribution in [1.29, 1.82) is 0 Å². The molecule has 2 heterocycles. The number of aryl methyl sites for hydroxylation is 1. The van der Waals surface area contributed by atoms with Crippen LogP contribution in [0.15, 0.2) is 48.7 Å². The number of halogens is 1. The van der Waals surface area contributed by atoms with Crippen molar-refractivity contribution >= 4 is 23.2 Å². The SMILES string of the molecule is CCN(Cc1ccccc1)C(=O)c1c(C)nc2ccc(Cl)cn12. The smallest absolute Gasteiger partial charge is 0.273 e. The van der Waals surface area contributed by atoms with Gasteiger partial charge in [0.25, 0.3) is 5.91 Å². The quantitative estimate of drug-likeness (QED) is 0.727. The van der Waals surface area contributed by atoms with Gasteiger partial charge in [0.15, 0.2) is 0 Å². The van der Waals surface area contributed by atoms with Crippen LogP contribution in [0, 0.1) is 6.92 Å². The maximum atomic E-state index is 13.0. The van der Waals surface area contributed by atoms with Gasteiger partial charge in [0.2, 0.25) is 0 Å². The molecule has 0 unspecified atom stereocenters. The van der Waals surface area contributed by atoms with Gasteiger partial charge in [0.05, 0.1) is 10.7 Å². The third kappa shape index (κ3) is 3.08. The number of carbonyl (C=O) groups excluding carboxylic acids is 1. The molecule has 0 bridgehead atoms. The van der Waals surface area contributed by atoms with Gasteiger partial charge in [-0.25, -0.2) is 4.98 Å². The lowest BCUT2D eigenvalue weighted by Crippen LogP contribution is -2.31. The molecule has 118 valence electrons. The molecule has 0 aliphatic carbocycles. The lowest BCUT2D eigenvalue weighted by molar-refractivity contribution is 0.0745. The van der Waals surface area contributed by atoms with Crippen LogP contribution in [-0.4, -0.2) is 26.7 Å². The second-order valence-corrected chi connectivity index (χ2v) is 5.86. The van der Waals surface area contributed by atoms with E-state index in [1.54, 1.807) is 16.7 Å². The Labute approximate surface area is 140 Å². The predicted octanol–water partition coefficient (Wildman–Crippen LogP) is 3.96. The van der Waals surface area contributed by atoms with Gasteiger partial charge < -0.3 is 4.90 Å². The van der Waals surface area contributed by atoms with E-state index in [1.807, 2.05) is 55.1 Å². The van der Waals surface area contributed by atoms with Crippen LogP contribution in [-0.2, 0) is 6.54 Å². The summed E-state index contributed by atoms with van der Waals surface area (Å²) in [5.41, 5.74) is 3.11. The summed E-state index contributed by atoms with van der Waals surface area (Å²) in [5.74, 6) is -0.0383. The monoisotopic (exact) mass is 327 g/mol. The number of rotatable bonds is 4. The summed E-state index contributed by atoms with van der Waals surface area (Å²) in [6, 6.07) is 13.6. The number of carbonyl (C=O) groups is 1. The van der Waals surface area contributed by atoms with Crippen molar-refractivity contribution in [1.82, 2.24) is 14.3 Å². The minimum Gasteiger partial charge on any atom is -0.333 e. The molecule has 0 spiro atoms. The standard InChI is InChI=1S/C18H18ClN3O/c1-3-21(11-14-7-5-4-6-8-14)18(23)17-13(2)20-16-10-9-15(19)12-22(16)17/h4-10,12H,3,11H2,1-2H3. The number of hydrogen-bond donors (Lipinski definition) is 0. The fourth-order valence-electron chi connectivity index (χ4n) is 2.67. The Balaban J connectivity index is 1.98. The molecule has 0 N–H and O–H groups in total. The van der Waals surface area contributed by atoms with Gasteiger partial charge >= 0.3 is 0 Å². The molecule has 0 saturated carbocycles. The van der Waals surface area contributed by atoms with Gasteiger partial charge in [-0.3, -0.25) is 9.20 Å². The van der Waals surface area contributed by atoms with Crippen LogP contribution in [0.1, 0.15) is 28.7 Å². The van der Waals surface area contributed by atoms with E-state index in [0.29, 0.717) is 29.5 Å². The topological polar surface area (TPSA) is 37.6 Å². The van der Waals surface area contributed by atoms with Crippen molar-refractivity contribution in [3.63, 3.8) is 0 Å².